The number of nitrogens with zero attached hydrogens (tertiary/aromatic N) is 2. The van der Waals surface area contributed by atoms with Gasteiger partial charge in [-0.05, 0) is 126 Å². The maximum atomic E-state index is 14.3. The number of ketones is 2. The van der Waals surface area contributed by atoms with Crippen LogP contribution in [0.4, 0.5) is 5.69 Å². The van der Waals surface area contributed by atoms with Crippen LogP contribution in [0, 0.1) is 53.3 Å². The van der Waals surface area contributed by atoms with E-state index in [1.807, 2.05) is 60.7 Å². The minimum Gasteiger partial charge on any atom is -0.359 e. The Morgan fingerprint density at radius 2 is 1.10 bits per heavy atom. The van der Waals surface area contributed by atoms with Gasteiger partial charge in [0, 0.05) is 67.8 Å². The number of rotatable bonds is 15. The number of carbonyl (C=O) groups is 6. The van der Waals surface area contributed by atoms with E-state index in [9.17, 15) is 28.8 Å². The molecule has 12 rings (SSSR count). The van der Waals surface area contributed by atoms with Gasteiger partial charge in [-0.3, -0.25) is 28.8 Å². The topological polar surface area (TPSA) is 151 Å². The fourth-order valence-electron chi connectivity index (χ4n) is 15.1. The maximum absolute atomic E-state index is 14.3. The highest BCUT2D eigenvalue weighted by atomic mass is 35.5. The SMILES string of the molecule is CC1CCCC(CC(=O)C2N(CCc3ccc(Cl)cc3)C(=O)C3C(C(=O)Nc4cc(Cl)cc(Cl)c4)C4C=CC32O4)C1C.CC1CCCC(NC(=O)C2N(Cc3ccc(Cl)cc3)C(=O)C3C(C(=O)Cc4cc(Cl)cc(Cl)c4)C4C=CC32O4)C1C. The van der Waals surface area contributed by atoms with E-state index in [4.69, 9.17) is 79.1 Å². The second-order valence-corrected chi connectivity index (χ2v) is 27.2. The van der Waals surface area contributed by atoms with E-state index < -0.39 is 59.2 Å². The van der Waals surface area contributed by atoms with Gasteiger partial charge in [0.2, 0.25) is 23.6 Å². The minimum atomic E-state index is -1.21. The molecule has 4 saturated heterocycles. The van der Waals surface area contributed by atoms with Crippen molar-refractivity contribution in [1.82, 2.24) is 15.1 Å². The average molecular weight is 1250 g/mol. The molecule has 4 aromatic carbocycles. The summed E-state index contributed by atoms with van der Waals surface area (Å²) in [6, 6.07) is 22.9. The quantitative estimate of drug-likeness (QED) is 0.112. The van der Waals surface area contributed by atoms with Crippen LogP contribution in [0.25, 0.3) is 0 Å². The summed E-state index contributed by atoms with van der Waals surface area (Å²) >= 11 is 36.9. The molecular weight excluding hydrogens is 1180 g/mol. The highest BCUT2D eigenvalue weighted by molar-refractivity contribution is 6.35. The van der Waals surface area contributed by atoms with Crippen LogP contribution in [0.1, 0.15) is 89.3 Å². The molecule has 16 unspecified atom stereocenters. The fourth-order valence-corrected chi connectivity index (χ4v) is 16.4. The minimum absolute atomic E-state index is 0.0147. The van der Waals surface area contributed by atoms with Crippen molar-refractivity contribution in [1.29, 1.82) is 0 Å². The Balaban J connectivity index is 0.000000174. The molecule has 2 saturated carbocycles. The second-order valence-electron chi connectivity index (χ2n) is 24.6. The van der Waals surface area contributed by atoms with Gasteiger partial charge in [-0.25, -0.2) is 0 Å². The summed E-state index contributed by atoms with van der Waals surface area (Å²) in [5.41, 5.74) is 0.578. The molecule has 0 aromatic heterocycles. The zero-order valence-corrected chi connectivity index (χ0v) is 51.2. The second kappa shape index (κ2) is 24.2. The number of benzene rings is 4. The van der Waals surface area contributed by atoms with Crippen molar-refractivity contribution in [2.24, 2.45) is 53.3 Å². The number of nitrogens with one attached hydrogen (secondary N) is 2. The molecule has 2 aliphatic carbocycles. The van der Waals surface area contributed by atoms with Gasteiger partial charge in [0.1, 0.15) is 29.1 Å². The summed E-state index contributed by atoms with van der Waals surface area (Å²) in [5.74, 6) is -2.24. The monoisotopic (exact) mass is 1240 g/mol. The number of halogens is 6. The Labute approximate surface area is 515 Å². The molecule has 4 aromatic rings. The molecule has 438 valence electrons. The van der Waals surface area contributed by atoms with Gasteiger partial charge in [-0.15, -0.1) is 0 Å². The van der Waals surface area contributed by atoms with Gasteiger partial charge >= 0.3 is 0 Å². The molecule has 8 aliphatic rings. The Morgan fingerprint density at radius 3 is 1.72 bits per heavy atom. The third kappa shape index (κ3) is 11.6. The van der Waals surface area contributed by atoms with Crippen LogP contribution in [-0.2, 0) is 57.6 Å². The molecule has 16 atom stereocenters. The zero-order valence-electron chi connectivity index (χ0n) is 46.7. The number of likely N-dealkylation sites (tertiary alicyclic amines) is 2. The normalized spacial score (nSPS) is 33.5. The molecule has 12 nitrogen and oxygen atoms in total. The molecule has 6 aliphatic heterocycles. The Morgan fingerprint density at radius 1 is 0.566 bits per heavy atom. The van der Waals surface area contributed by atoms with E-state index in [1.54, 1.807) is 58.3 Å². The van der Waals surface area contributed by atoms with Crippen LogP contribution < -0.4 is 10.6 Å². The largest absolute Gasteiger partial charge is 0.359 e. The molecule has 2 N–H and O–H groups in total. The predicted molar refractivity (Wildman–Crippen MR) is 324 cm³/mol. The van der Waals surface area contributed by atoms with Crippen molar-refractivity contribution in [2.45, 2.75) is 134 Å². The first-order valence-electron chi connectivity index (χ1n) is 29.1. The van der Waals surface area contributed by atoms with E-state index >= 15 is 0 Å². The number of amides is 4. The standard InChI is InChI=1S/C33H35Cl3N2O4.C32H33Cl3N2O4/c1-18-4-3-5-21(19(18)2)14-26(39)30-33-12-10-27(42-33)28(31(40)37-25-16-23(35)15-24(36)17-25)29(33)32(41)38(30)13-11-20-6-8-22(34)9-7-20;1-17-4-3-5-24(18(17)2)36-30(39)29-32-11-10-26(41-32)27(25(38)14-20-12-22(34)15-23(35)13-20)28(32)31(40)37(29)16-19-6-8-21(33)9-7-19/h6-10,12,15-19,21,27-30H,3-5,11,13-14H2,1-2H3,(H,37,40);6-13,15,17-18,24,26-29H,3-5,14,16H2,1-2H3,(H,36,39). The van der Waals surface area contributed by atoms with Crippen LogP contribution in [0.3, 0.4) is 0 Å². The lowest BCUT2D eigenvalue weighted by Gasteiger charge is -2.38. The Bertz CT molecular complexity index is 3230. The van der Waals surface area contributed by atoms with Crippen LogP contribution in [0.5, 0.6) is 0 Å². The number of ether oxygens (including phenoxy) is 2. The smallest absolute Gasteiger partial charge is 0.246 e. The number of Topliss-reactive ketones (excluding diaryl/α,β-unsaturated/α-hetero) is 2. The van der Waals surface area contributed by atoms with Crippen molar-refractivity contribution in [3.8, 4) is 0 Å². The summed E-state index contributed by atoms with van der Waals surface area (Å²) in [6.45, 7) is 9.43. The molecule has 4 bridgehead atoms. The van der Waals surface area contributed by atoms with Gasteiger partial charge in [-0.2, -0.15) is 0 Å². The highest BCUT2D eigenvalue weighted by Gasteiger charge is 2.74. The van der Waals surface area contributed by atoms with Crippen LogP contribution in [0.2, 0.25) is 30.1 Å². The Kier molecular flexibility index (Phi) is 17.5. The summed E-state index contributed by atoms with van der Waals surface area (Å²) in [5, 5.41) is 9.06. The van der Waals surface area contributed by atoms with Crippen molar-refractivity contribution in [3.63, 3.8) is 0 Å². The number of hydrogen-bond donors (Lipinski definition) is 2. The van der Waals surface area contributed by atoms with E-state index in [0.717, 1.165) is 43.2 Å². The lowest BCUT2D eigenvalue weighted by Crippen LogP contribution is -2.57. The molecular formula is C65H68Cl6N4O8. The van der Waals surface area contributed by atoms with E-state index in [0.29, 0.717) is 84.4 Å². The molecule has 2 spiro atoms. The average Bonchev–Trinajstić information content (AvgIpc) is 1.80. The summed E-state index contributed by atoms with van der Waals surface area (Å²) in [6.07, 6.45) is 13.6. The number of fused-ring (bicyclic) bond motifs is 2. The van der Waals surface area contributed by atoms with E-state index in [-0.39, 0.29) is 60.1 Å². The first-order valence-corrected chi connectivity index (χ1v) is 31.3. The van der Waals surface area contributed by atoms with Crippen molar-refractivity contribution >= 4 is 110 Å². The van der Waals surface area contributed by atoms with Crippen molar-refractivity contribution in [2.75, 3.05) is 11.9 Å². The number of hydrogen-bond acceptors (Lipinski definition) is 8. The van der Waals surface area contributed by atoms with Gasteiger partial charge in [-0.1, -0.05) is 172 Å². The Hall–Kier alpha value is -4.76. The zero-order chi connectivity index (χ0) is 58.8. The molecule has 0 radical (unpaired) electrons. The van der Waals surface area contributed by atoms with Crippen molar-refractivity contribution < 1.29 is 38.2 Å². The molecule has 83 heavy (non-hydrogen) atoms. The van der Waals surface area contributed by atoms with Crippen LogP contribution >= 0.6 is 69.6 Å². The fraction of sp³-hybridized carbons (Fsp3) is 0.477. The lowest BCUT2D eigenvalue weighted by atomic mass is 9.69. The molecule has 18 heteroatoms. The van der Waals surface area contributed by atoms with Gasteiger partial charge in [0.05, 0.1) is 35.9 Å². The third-order valence-corrected chi connectivity index (χ3v) is 21.0. The molecule has 4 amide bonds. The third-order valence-electron chi connectivity index (χ3n) is 19.6. The van der Waals surface area contributed by atoms with Gasteiger partial charge < -0.3 is 29.9 Å². The first kappa shape index (κ1) is 59.9. The van der Waals surface area contributed by atoms with Crippen LogP contribution in [0.15, 0.2) is 109 Å². The van der Waals surface area contributed by atoms with Crippen LogP contribution in [-0.4, -0.2) is 93.1 Å². The summed E-state index contributed by atoms with van der Waals surface area (Å²) in [7, 11) is 0. The first-order chi connectivity index (χ1) is 39.6. The predicted octanol–water partition coefficient (Wildman–Crippen LogP) is 13.1. The molecule has 6 heterocycles. The van der Waals surface area contributed by atoms with Crippen molar-refractivity contribution in [3.05, 3.63) is 156 Å². The lowest BCUT2D eigenvalue weighted by molar-refractivity contribution is -0.142. The summed E-state index contributed by atoms with van der Waals surface area (Å²) < 4.78 is 13.0. The number of anilines is 1. The summed E-state index contributed by atoms with van der Waals surface area (Å²) in [4.78, 5) is 87.8. The van der Waals surface area contributed by atoms with Gasteiger partial charge in [0.25, 0.3) is 0 Å². The number of carbonyl (C=O) groups excluding carboxylic acids is 6. The van der Waals surface area contributed by atoms with Gasteiger partial charge in [0.15, 0.2) is 5.78 Å². The van der Waals surface area contributed by atoms with E-state index in [1.165, 1.54) is 6.42 Å². The highest BCUT2D eigenvalue weighted by Crippen LogP contribution is 2.58. The molecule has 6 fully saturated rings. The van der Waals surface area contributed by atoms with E-state index in [2.05, 4.69) is 38.3 Å². The maximum Gasteiger partial charge on any atom is 0.246 e.